The van der Waals surface area contributed by atoms with Crippen LogP contribution in [0.4, 0.5) is 30.7 Å². The minimum Gasteiger partial charge on any atom is -0.346 e. The first-order chi connectivity index (χ1) is 18.7. The summed E-state index contributed by atoms with van der Waals surface area (Å²) >= 11 is 0. The fraction of sp³-hybridized carbons (Fsp3) is 0.565. The van der Waals surface area contributed by atoms with Crippen molar-refractivity contribution in [3.8, 4) is 0 Å². The normalized spacial score (nSPS) is 17.6. The molecule has 0 bridgehead atoms. The van der Waals surface area contributed by atoms with Crippen molar-refractivity contribution in [2.24, 2.45) is 5.92 Å². The van der Waals surface area contributed by atoms with Crippen LogP contribution in [0.3, 0.4) is 0 Å². The lowest BCUT2D eigenvalue weighted by Gasteiger charge is -2.33. The van der Waals surface area contributed by atoms with Crippen molar-refractivity contribution in [2.45, 2.75) is 69.5 Å². The summed E-state index contributed by atoms with van der Waals surface area (Å²) in [4.78, 5) is 29.6. The zero-order valence-electron chi connectivity index (χ0n) is 20.9. The Labute approximate surface area is 221 Å². The number of amides is 2. The molecule has 1 aliphatic carbocycles. The number of halogens is 7. The number of rotatable bonds is 9. The lowest BCUT2D eigenvalue weighted by Crippen LogP contribution is -2.37. The van der Waals surface area contributed by atoms with Gasteiger partial charge >= 0.3 is 6.18 Å². The Morgan fingerprint density at radius 2 is 1.90 bits per heavy atom. The zero-order chi connectivity index (χ0) is 29.2. The van der Waals surface area contributed by atoms with Crippen molar-refractivity contribution in [1.82, 2.24) is 35.5 Å². The van der Waals surface area contributed by atoms with E-state index in [2.05, 4.69) is 30.3 Å². The lowest BCUT2D eigenvalue weighted by molar-refractivity contribution is -0.139. The van der Waals surface area contributed by atoms with Gasteiger partial charge < -0.3 is 10.6 Å². The van der Waals surface area contributed by atoms with Gasteiger partial charge in [0.25, 0.3) is 5.91 Å². The van der Waals surface area contributed by atoms with E-state index in [-0.39, 0.29) is 41.1 Å². The van der Waals surface area contributed by atoms with E-state index < -0.39 is 74.0 Å². The number of nitrogens with one attached hydrogen (secondary N) is 2. The molecule has 2 amide bonds. The van der Waals surface area contributed by atoms with Crippen LogP contribution < -0.4 is 10.6 Å². The number of carbonyl (C=O) groups excluding carboxylic acids is 2. The Kier molecular flexibility index (Phi) is 8.30. The molecular formula is C23H24F7N7O3. The highest BCUT2D eigenvalue weighted by atomic mass is 19.4. The average molecular weight is 579 g/mol. The smallest absolute Gasteiger partial charge is 0.346 e. The Balaban J connectivity index is 1.64. The van der Waals surface area contributed by atoms with Crippen molar-refractivity contribution in [3.05, 3.63) is 41.1 Å². The van der Waals surface area contributed by atoms with Gasteiger partial charge in [-0.3, -0.25) is 9.59 Å². The number of fused-ring (bicyclic) bond motifs is 1. The predicted molar refractivity (Wildman–Crippen MR) is 122 cm³/mol. The SMILES string of the molecule is Cc1nonc1C(=O)N[C@H](c1cn2ncc(C(CC(F)F)C(=O)NCC(F)(F)F)cc2n1)C1CCC(F)(F)CC1. The summed E-state index contributed by atoms with van der Waals surface area (Å²) < 4.78 is 97.5. The van der Waals surface area contributed by atoms with Gasteiger partial charge in [-0.2, -0.15) is 18.3 Å². The maximum absolute atomic E-state index is 13.8. The van der Waals surface area contributed by atoms with E-state index in [0.717, 1.165) is 6.20 Å². The molecule has 3 heterocycles. The van der Waals surface area contributed by atoms with Gasteiger partial charge in [0.05, 0.1) is 30.0 Å². The number of aryl methyl sites for hydroxylation is 1. The predicted octanol–water partition coefficient (Wildman–Crippen LogP) is 4.13. The second-order valence-electron chi connectivity index (χ2n) is 9.61. The van der Waals surface area contributed by atoms with E-state index in [1.165, 1.54) is 23.7 Å². The molecule has 2 atom stereocenters. The fourth-order valence-electron chi connectivity index (χ4n) is 4.61. The number of alkyl halides is 7. The van der Waals surface area contributed by atoms with Crippen LogP contribution in [-0.4, -0.2) is 61.8 Å². The first-order valence-corrected chi connectivity index (χ1v) is 12.2. The third-order valence-corrected chi connectivity index (χ3v) is 6.66. The number of carbonyl (C=O) groups is 2. The molecule has 4 rings (SSSR count). The van der Waals surface area contributed by atoms with Gasteiger partial charge in [0.1, 0.15) is 12.2 Å². The Hall–Kier alpha value is -3.79. The van der Waals surface area contributed by atoms with Crippen LogP contribution in [0, 0.1) is 12.8 Å². The quantitative estimate of drug-likeness (QED) is 0.365. The van der Waals surface area contributed by atoms with Crippen molar-refractivity contribution in [2.75, 3.05) is 6.54 Å². The van der Waals surface area contributed by atoms with E-state index in [4.69, 9.17) is 0 Å². The summed E-state index contributed by atoms with van der Waals surface area (Å²) in [6, 6.07) is 0.327. The number of hydrogen-bond donors (Lipinski definition) is 2. The molecule has 1 unspecified atom stereocenters. The number of aromatic nitrogens is 5. The van der Waals surface area contributed by atoms with E-state index in [9.17, 15) is 40.3 Å². The molecule has 218 valence electrons. The molecule has 40 heavy (non-hydrogen) atoms. The minimum atomic E-state index is -4.74. The van der Waals surface area contributed by atoms with E-state index in [1.54, 1.807) is 5.32 Å². The second kappa shape index (κ2) is 11.4. The highest BCUT2D eigenvalue weighted by molar-refractivity contribution is 5.93. The molecule has 0 saturated heterocycles. The third-order valence-electron chi connectivity index (χ3n) is 6.66. The fourth-order valence-corrected chi connectivity index (χ4v) is 4.61. The van der Waals surface area contributed by atoms with Crippen molar-refractivity contribution < 1.29 is 45.0 Å². The summed E-state index contributed by atoms with van der Waals surface area (Å²) in [6.07, 6.45) is -7.07. The van der Waals surface area contributed by atoms with Crippen LogP contribution >= 0.6 is 0 Å². The van der Waals surface area contributed by atoms with E-state index >= 15 is 0 Å². The van der Waals surface area contributed by atoms with Crippen molar-refractivity contribution in [3.63, 3.8) is 0 Å². The van der Waals surface area contributed by atoms with Crippen molar-refractivity contribution >= 4 is 17.5 Å². The van der Waals surface area contributed by atoms with Crippen LogP contribution in [0.25, 0.3) is 5.65 Å². The van der Waals surface area contributed by atoms with E-state index in [0.29, 0.717) is 0 Å². The van der Waals surface area contributed by atoms with Gasteiger partial charge in [-0.05, 0) is 42.5 Å². The maximum Gasteiger partial charge on any atom is 0.405 e. The topological polar surface area (TPSA) is 127 Å². The van der Waals surface area contributed by atoms with Crippen LogP contribution in [0.1, 0.15) is 71.5 Å². The zero-order valence-corrected chi connectivity index (χ0v) is 20.9. The molecule has 3 aromatic heterocycles. The number of imidazole rings is 1. The first-order valence-electron chi connectivity index (χ1n) is 12.2. The summed E-state index contributed by atoms with van der Waals surface area (Å²) in [5.74, 6) is -6.92. The van der Waals surface area contributed by atoms with Gasteiger partial charge in [0, 0.05) is 19.3 Å². The lowest BCUT2D eigenvalue weighted by atomic mass is 9.81. The second-order valence-corrected chi connectivity index (χ2v) is 9.61. The molecule has 1 aliphatic rings. The highest BCUT2D eigenvalue weighted by Gasteiger charge is 2.40. The van der Waals surface area contributed by atoms with Crippen LogP contribution in [0.2, 0.25) is 0 Å². The average Bonchev–Trinajstić information content (AvgIpc) is 3.49. The highest BCUT2D eigenvalue weighted by Crippen LogP contribution is 2.41. The first kappa shape index (κ1) is 29.2. The van der Waals surface area contributed by atoms with Gasteiger partial charge in [0.15, 0.2) is 11.3 Å². The maximum atomic E-state index is 13.8. The van der Waals surface area contributed by atoms with Gasteiger partial charge in [-0.1, -0.05) is 5.16 Å². The molecule has 0 spiro atoms. The number of nitrogens with zero attached hydrogens (tertiary/aromatic N) is 5. The monoisotopic (exact) mass is 579 g/mol. The largest absolute Gasteiger partial charge is 0.405 e. The molecule has 0 radical (unpaired) electrons. The molecule has 1 saturated carbocycles. The standard InChI is InChI=1S/C23H24F7N7O3/c1-11-18(36-40-35-11)21(39)34-19(12-2-4-22(26,27)5-3-12)15-9-37-17(33-15)6-13(8-32-37)14(7-16(24)25)20(38)31-10-23(28,29)30/h6,8-9,12,14,16,19H,2-5,7,10H2,1H3,(H,31,38)(H,34,39)/t14?,19-/m0/s1. The molecular weight excluding hydrogens is 555 g/mol. The number of hydrogen-bond acceptors (Lipinski definition) is 7. The Morgan fingerprint density at radius 1 is 1.20 bits per heavy atom. The molecule has 17 heteroatoms. The van der Waals surface area contributed by atoms with Crippen LogP contribution in [0.15, 0.2) is 23.1 Å². The molecule has 0 aromatic carbocycles. The summed E-state index contributed by atoms with van der Waals surface area (Å²) in [6.45, 7) is -0.213. The van der Waals surface area contributed by atoms with Crippen molar-refractivity contribution in [1.29, 1.82) is 0 Å². The Morgan fingerprint density at radius 3 is 2.50 bits per heavy atom. The minimum absolute atomic E-state index is 0.0371. The summed E-state index contributed by atoms with van der Waals surface area (Å²) in [5, 5.41) is 15.5. The molecule has 2 N–H and O–H groups in total. The third kappa shape index (κ3) is 7.04. The molecule has 0 aliphatic heterocycles. The molecule has 1 fully saturated rings. The summed E-state index contributed by atoms with van der Waals surface area (Å²) in [7, 11) is 0. The molecule has 10 nitrogen and oxygen atoms in total. The van der Waals surface area contributed by atoms with Gasteiger partial charge in [-0.15, -0.1) is 0 Å². The Bertz CT molecular complexity index is 1350. The van der Waals surface area contributed by atoms with Crippen LogP contribution in [0.5, 0.6) is 0 Å². The van der Waals surface area contributed by atoms with Gasteiger partial charge in [-0.25, -0.2) is 31.7 Å². The summed E-state index contributed by atoms with van der Waals surface area (Å²) in [5.41, 5.74) is 0.216. The van der Waals surface area contributed by atoms with Gasteiger partial charge in [0.2, 0.25) is 18.3 Å². The van der Waals surface area contributed by atoms with E-state index in [1.807, 2.05) is 0 Å². The van der Waals surface area contributed by atoms with Crippen LogP contribution in [-0.2, 0) is 4.79 Å². The molecule has 3 aromatic rings.